The van der Waals surface area contributed by atoms with Crippen LogP contribution >= 0.6 is 0 Å². The van der Waals surface area contributed by atoms with Crippen molar-refractivity contribution in [1.82, 2.24) is 0 Å². The summed E-state index contributed by atoms with van der Waals surface area (Å²) in [4.78, 5) is 27.6. The van der Waals surface area contributed by atoms with Gasteiger partial charge in [-0.1, -0.05) is 36.4 Å². The van der Waals surface area contributed by atoms with E-state index in [1.165, 1.54) is 24.3 Å². The number of para-hydroxylation sites is 1. The average Bonchev–Trinajstić information content (AvgIpc) is 3.09. The van der Waals surface area contributed by atoms with Gasteiger partial charge in [-0.3, -0.25) is 14.5 Å². The van der Waals surface area contributed by atoms with Gasteiger partial charge in [0.2, 0.25) is 5.91 Å². The first-order valence-electron chi connectivity index (χ1n) is 8.66. The van der Waals surface area contributed by atoms with Crippen molar-refractivity contribution in [2.24, 2.45) is 0 Å². The zero-order valence-electron chi connectivity index (χ0n) is 14.4. The Balaban J connectivity index is 1.65. The third-order valence-corrected chi connectivity index (χ3v) is 4.63. The molecule has 0 aromatic heterocycles. The second-order valence-corrected chi connectivity index (χ2v) is 6.39. The Morgan fingerprint density at radius 1 is 0.889 bits per heavy atom. The highest BCUT2D eigenvalue weighted by molar-refractivity contribution is 6.13. The third kappa shape index (κ3) is 3.31. The summed E-state index contributed by atoms with van der Waals surface area (Å²) in [6, 6.07) is 21.3. The molecule has 3 aromatic carbocycles. The zero-order chi connectivity index (χ0) is 18.8. The molecule has 0 saturated carbocycles. The van der Waals surface area contributed by atoms with Gasteiger partial charge in [0.25, 0.3) is 5.91 Å². The molecule has 0 bridgehead atoms. The number of nitrogens with one attached hydrogen (secondary N) is 1. The van der Waals surface area contributed by atoms with E-state index < -0.39 is 6.04 Å². The van der Waals surface area contributed by atoms with E-state index in [0.29, 0.717) is 17.7 Å². The predicted molar refractivity (Wildman–Crippen MR) is 102 cm³/mol. The number of carbonyl (C=O) groups is 2. The van der Waals surface area contributed by atoms with E-state index in [0.717, 1.165) is 11.3 Å². The van der Waals surface area contributed by atoms with Crippen LogP contribution in [0.1, 0.15) is 15.9 Å². The molecule has 0 fully saturated rings. The van der Waals surface area contributed by atoms with Crippen LogP contribution in [0, 0.1) is 5.82 Å². The van der Waals surface area contributed by atoms with Crippen LogP contribution in [0.2, 0.25) is 0 Å². The summed E-state index contributed by atoms with van der Waals surface area (Å²) < 4.78 is 13.1. The molecule has 1 aliphatic heterocycles. The van der Waals surface area contributed by atoms with Crippen molar-refractivity contribution < 1.29 is 14.0 Å². The highest BCUT2D eigenvalue weighted by atomic mass is 19.1. The van der Waals surface area contributed by atoms with Gasteiger partial charge in [0, 0.05) is 23.4 Å². The second-order valence-electron chi connectivity index (χ2n) is 6.39. The molecule has 1 heterocycles. The van der Waals surface area contributed by atoms with E-state index in [4.69, 9.17) is 0 Å². The maximum absolute atomic E-state index is 13.1. The molecule has 1 N–H and O–H groups in total. The minimum Gasteiger partial charge on any atom is -0.324 e. The van der Waals surface area contributed by atoms with Crippen molar-refractivity contribution in [1.29, 1.82) is 0 Å². The molecule has 2 amide bonds. The van der Waals surface area contributed by atoms with Gasteiger partial charge >= 0.3 is 0 Å². The molecule has 134 valence electrons. The van der Waals surface area contributed by atoms with Gasteiger partial charge in [0.15, 0.2) is 0 Å². The van der Waals surface area contributed by atoms with Gasteiger partial charge in [-0.25, -0.2) is 4.39 Å². The fraction of sp³-hybridized carbons (Fsp3) is 0.0909. The molecule has 0 saturated heterocycles. The van der Waals surface area contributed by atoms with E-state index in [1.54, 1.807) is 29.2 Å². The van der Waals surface area contributed by atoms with Crippen LogP contribution in [0.3, 0.4) is 0 Å². The molecule has 4 nitrogen and oxygen atoms in total. The summed E-state index contributed by atoms with van der Waals surface area (Å²) in [7, 11) is 0. The molecular formula is C22H17FN2O2. The Hall–Kier alpha value is -3.47. The maximum Gasteiger partial charge on any atom is 0.259 e. The second kappa shape index (κ2) is 7.03. The molecule has 0 unspecified atom stereocenters. The van der Waals surface area contributed by atoms with E-state index in [1.807, 2.05) is 30.3 Å². The summed E-state index contributed by atoms with van der Waals surface area (Å²) in [6.07, 6.45) is 0.432. The molecule has 5 heteroatoms. The van der Waals surface area contributed by atoms with Crippen molar-refractivity contribution in [2.45, 2.75) is 12.5 Å². The SMILES string of the molecule is O=C(Nc1ccc(F)cc1)[C@H]1Cc2ccccc2N1C(=O)c1ccccc1. The summed E-state index contributed by atoms with van der Waals surface area (Å²) in [5, 5.41) is 2.78. The van der Waals surface area contributed by atoms with Gasteiger partial charge < -0.3 is 5.32 Å². The van der Waals surface area contributed by atoms with Crippen LogP contribution in [0.25, 0.3) is 0 Å². The highest BCUT2D eigenvalue weighted by Crippen LogP contribution is 2.34. The Labute approximate surface area is 156 Å². The van der Waals surface area contributed by atoms with Gasteiger partial charge in [-0.05, 0) is 48.0 Å². The quantitative estimate of drug-likeness (QED) is 0.766. The van der Waals surface area contributed by atoms with Crippen molar-refractivity contribution in [3.05, 3.63) is 95.8 Å². The number of hydrogen-bond donors (Lipinski definition) is 1. The van der Waals surface area contributed by atoms with E-state index in [9.17, 15) is 14.0 Å². The average molecular weight is 360 g/mol. The van der Waals surface area contributed by atoms with E-state index >= 15 is 0 Å². The van der Waals surface area contributed by atoms with Crippen LogP contribution in [-0.2, 0) is 11.2 Å². The largest absolute Gasteiger partial charge is 0.324 e. The van der Waals surface area contributed by atoms with Gasteiger partial charge in [-0.15, -0.1) is 0 Å². The number of carbonyl (C=O) groups excluding carboxylic acids is 2. The first-order chi connectivity index (χ1) is 13.1. The number of amides is 2. The van der Waals surface area contributed by atoms with Gasteiger partial charge in [0.1, 0.15) is 11.9 Å². The molecule has 1 atom stereocenters. The number of fused-ring (bicyclic) bond motifs is 1. The Bertz CT molecular complexity index is 987. The van der Waals surface area contributed by atoms with E-state index in [-0.39, 0.29) is 17.6 Å². The lowest BCUT2D eigenvalue weighted by molar-refractivity contribution is -0.117. The highest BCUT2D eigenvalue weighted by Gasteiger charge is 2.38. The molecule has 27 heavy (non-hydrogen) atoms. The monoisotopic (exact) mass is 360 g/mol. The van der Waals surface area contributed by atoms with Crippen LogP contribution in [0.15, 0.2) is 78.9 Å². The number of hydrogen-bond acceptors (Lipinski definition) is 2. The number of nitrogens with zero attached hydrogens (tertiary/aromatic N) is 1. The summed E-state index contributed by atoms with van der Waals surface area (Å²) in [5.74, 6) is -0.899. The smallest absolute Gasteiger partial charge is 0.259 e. The van der Waals surface area contributed by atoms with Crippen LogP contribution in [0.5, 0.6) is 0 Å². The molecule has 3 aromatic rings. The minimum absolute atomic E-state index is 0.222. The third-order valence-electron chi connectivity index (χ3n) is 4.63. The Morgan fingerprint density at radius 2 is 1.56 bits per heavy atom. The normalized spacial score (nSPS) is 15.3. The van der Waals surface area contributed by atoms with Gasteiger partial charge in [0.05, 0.1) is 0 Å². The van der Waals surface area contributed by atoms with Crippen molar-refractivity contribution in [3.63, 3.8) is 0 Å². The predicted octanol–water partition coefficient (Wildman–Crippen LogP) is 4.04. The minimum atomic E-state index is -0.667. The summed E-state index contributed by atoms with van der Waals surface area (Å²) in [6.45, 7) is 0. The number of rotatable bonds is 3. The molecule has 1 aliphatic rings. The maximum atomic E-state index is 13.1. The first-order valence-corrected chi connectivity index (χ1v) is 8.66. The van der Waals surface area contributed by atoms with Crippen molar-refractivity contribution >= 4 is 23.2 Å². The van der Waals surface area contributed by atoms with E-state index in [2.05, 4.69) is 5.32 Å². The first kappa shape index (κ1) is 17.0. The molecule has 0 aliphatic carbocycles. The number of halogens is 1. The molecular weight excluding hydrogens is 343 g/mol. The van der Waals surface area contributed by atoms with Crippen molar-refractivity contribution in [3.8, 4) is 0 Å². The lowest BCUT2D eigenvalue weighted by Crippen LogP contribution is -2.45. The molecule has 4 rings (SSSR count). The van der Waals surface area contributed by atoms with Crippen LogP contribution in [-0.4, -0.2) is 17.9 Å². The Kier molecular flexibility index (Phi) is 4.42. The van der Waals surface area contributed by atoms with Gasteiger partial charge in [-0.2, -0.15) is 0 Å². The topological polar surface area (TPSA) is 49.4 Å². The molecule has 0 radical (unpaired) electrons. The summed E-state index contributed by atoms with van der Waals surface area (Å²) >= 11 is 0. The fourth-order valence-electron chi connectivity index (χ4n) is 3.33. The summed E-state index contributed by atoms with van der Waals surface area (Å²) in [5.41, 5.74) is 2.70. The lowest BCUT2D eigenvalue weighted by atomic mass is 10.1. The van der Waals surface area contributed by atoms with Crippen molar-refractivity contribution in [2.75, 3.05) is 10.2 Å². The van der Waals surface area contributed by atoms with Crippen LogP contribution in [0.4, 0.5) is 15.8 Å². The van der Waals surface area contributed by atoms with Crippen LogP contribution < -0.4 is 10.2 Å². The zero-order valence-corrected chi connectivity index (χ0v) is 14.4. The molecule has 0 spiro atoms. The lowest BCUT2D eigenvalue weighted by Gasteiger charge is -2.25. The fourth-order valence-corrected chi connectivity index (χ4v) is 3.33. The number of benzene rings is 3. The number of anilines is 2. The Morgan fingerprint density at radius 3 is 2.30 bits per heavy atom. The standard InChI is InChI=1S/C22H17FN2O2/c23-17-10-12-18(13-11-17)24-21(26)20-14-16-8-4-5-9-19(16)25(20)22(27)15-6-2-1-3-7-15/h1-13,20H,14H2,(H,24,26)/t20-/m1/s1.